The van der Waals surface area contributed by atoms with Crippen molar-refractivity contribution in [3.05, 3.63) is 53.6 Å². The van der Waals surface area contributed by atoms with Crippen LogP contribution in [-0.4, -0.2) is 34.5 Å². The van der Waals surface area contributed by atoms with E-state index in [-0.39, 0.29) is 42.9 Å². The third-order valence-electron chi connectivity index (χ3n) is 5.84. The van der Waals surface area contributed by atoms with Crippen LogP contribution in [0.1, 0.15) is 55.5 Å². The van der Waals surface area contributed by atoms with Crippen LogP contribution in [0.4, 0.5) is 0 Å². The lowest BCUT2D eigenvalue weighted by Crippen LogP contribution is -2.27. The summed E-state index contributed by atoms with van der Waals surface area (Å²) < 4.78 is 5.63. The van der Waals surface area contributed by atoms with Crippen molar-refractivity contribution in [1.82, 2.24) is 0 Å². The van der Waals surface area contributed by atoms with Gasteiger partial charge in [0.15, 0.2) is 0 Å². The number of benzene rings is 2. The van der Waals surface area contributed by atoms with Gasteiger partial charge in [0, 0.05) is 12.8 Å². The van der Waals surface area contributed by atoms with Gasteiger partial charge in [0.1, 0.15) is 17.4 Å². The monoisotopic (exact) mass is 422 g/mol. The molecule has 1 heterocycles. The summed E-state index contributed by atoms with van der Waals surface area (Å²) in [5, 5.41) is 10.5. The average molecular weight is 422 g/mol. The van der Waals surface area contributed by atoms with Crippen molar-refractivity contribution < 1.29 is 29.0 Å². The van der Waals surface area contributed by atoms with E-state index in [0.29, 0.717) is 12.0 Å². The summed E-state index contributed by atoms with van der Waals surface area (Å²) in [6, 6.07) is 12.6. The number of esters is 1. The van der Waals surface area contributed by atoms with E-state index in [9.17, 15) is 24.3 Å². The van der Waals surface area contributed by atoms with E-state index in [1.165, 1.54) is 6.07 Å². The summed E-state index contributed by atoms with van der Waals surface area (Å²) in [7, 11) is 0. The van der Waals surface area contributed by atoms with Gasteiger partial charge in [0.05, 0.1) is 0 Å². The van der Waals surface area contributed by atoms with Crippen molar-refractivity contribution in [2.75, 3.05) is 0 Å². The molecule has 0 spiro atoms. The molecule has 31 heavy (non-hydrogen) atoms. The summed E-state index contributed by atoms with van der Waals surface area (Å²) in [4.78, 5) is 49.5. The zero-order valence-corrected chi connectivity index (χ0v) is 17.7. The maximum Gasteiger partial charge on any atom is 0.342 e. The predicted molar refractivity (Wildman–Crippen MR) is 115 cm³/mol. The minimum Gasteiger partial charge on any atom is -0.507 e. The van der Waals surface area contributed by atoms with Gasteiger partial charge in [-0.25, -0.2) is 4.79 Å². The molecule has 0 saturated carbocycles. The summed E-state index contributed by atoms with van der Waals surface area (Å²) in [5.74, 6) is -3.42. The molecule has 2 aromatic rings. The summed E-state index contributed by atoms with van der Waals surface area (Å²) >= 11 is 0. The first-order valence-corrected chi connectivity index (χ1v) is 10.5. The number of ketones is 3. The quantitative estimate of drug-likeness (QED) is 0.550. The van der Waals surface area contributed by atoms with Crippen LogP contribution in [0.25, 0.3) is 11.1 Å². The molecular formula is C25H26O6. The fourth-order valence-corrected chi connectivity index (χ4v) is 3.76. The van der Waals surface area contributed by atoms with Crippen LogP contribution >= 0.6 is 0 Å². The lowest BCUT2D eigenvalue weighted by atomic mass is 9.90. The normalized spacial score (nSPS) is 21.2. The van der Waals surface area contributed by atoms with Gasteiger partial charge < -0.3 is 9.84 Å². The molecule has 6 heteroatoms. The molecule has 0 fully saturated rings. The average Bonchev–Trinajstić information content (AvgIpc) is 2.76. The van der Waals surface area contributed by atoms with Crippen LogP contribution in [0, 0.1) is 5.92 Å². The van der Waals surface area contributed by atoms with E-state index in [4.69, 9.17) is 4.74 Å². The van der Waals surface area contributed by atoms with Gasteiger partial charge in [-0.2, -0.15) is 0 Å². The molecular weight excluding hydrogens is 396 g/mol. The lowest BCUT2D eigenvalue weighted by molar-refractivity contribution is -0.144. The number of carbonyl (C=O) groups is 4. The van der Waals surface area contributed by atoms with Gasteiger partial charge >= 0.3 is 5.97 Å². The van der Waals surface area contributed by atoms with Gasteiger partial charge in [0.2, 0.25) is 11.6 Å². The Bertz CT molecular complexity index is 1010. The topological polar surface area (TPSA) is 97.7 Å². The molecule has 1 aliphatic rings. The molecule has 0 radical (unpaired) electrons. The number of carbonyl (C=O) groups excluding carboxylic acids is 4. The summed E-state index contributed by atoms with van der Waals surface area (Å²) in [5.41, 5.74) is 2.23. The Kier molecular flexibility index (Phi) is 7.00. The van der Waals surface area contributed by atoms with Gasteiger partial charge in [-0.15, -0.1) is 0 Å². The molecule has 162 valence electrons. The van der Waals surface area contributed by atoms with Crippen LogP contribution in [0.3, 0.4) is 0 Å². The Labute approximate surface area is 181 Å². The van der Waals surface area contributed by atoms with Gasteiger partial charge in [-0.3, -0.25) is 14.4 Å². The number of aromatic hydroxyl groups is 1. The highest BCUT2D eigenvalue weighted by Gasteiger charge is 2.28. The van der Waals surface area contributed by atoms with Crippen molar-refractivity contribution in [2.24, 2.45) is 5.92 Å². The number of fused-ring (bicyclic) bond motifs is 1. The maximum atomic E-state index is 13.0. The molecule has 0 amide bonds. The van der Waals surface area contributed by atoms with Crippen molar-refractivity contribution in [3.8, 4) is 16.9 Å². The molecule has 0 saturated heterocycles. The molecule has 0 aromatic heterocycles. The van der Waals surface area contributed by atoms with E-state index in [0.717, 1.165) is 11.1 Å². The number of hydrogen-bond donors (Lipinski definition) is 1. The lowest BCUT2D eigenvalue weighted by Gasteiger charge is -2.22. The zero-order valence-electron chi connectivity index (χ0n) is 17.7. The Balaban J connectivity index is 2.07. The van der Waals surface area contributed by atoms with Crippen molar-refractivity contribution in [2.45, 2.75) is 52.1 Å². The fourth-order valence-electron chi connectivity index (χ4n) is 3.76. The first-order chi connectivity index (χ1) is 14.8. The highest BCUT2D eigenvalue weighted by Crippen LogP contribution is 2.34. The first-order valence-electron chi connectivity index (χ1n) is 10.5. The third kappa shape index (κ3) is 5.08. The van der Waals surface area contributed by atoms with Crippen LogP contribution in [0.15, 0.2) is 42.5 Å². The minimum atomic E-state index is -0.965. The standard InChI is InChI=1S/C25H26O6/c1-15-11-13-22(28)24(29)21(27)10-6-9-19-18(17-7-4-3-5-8-17)12-14-20(26)23(19)25(30)31-16(15)2/h3-5,7-8,12,14-16,26H,6,9-11,13H2,1-2H3/t15-,16+/m1/s1. The van der Waals surface area contributed by atoms with Crippen LogP contribution in [0.2, 0.25) is 0 Å². The van der Waals surface area contributed by atoms with Gasteiger partial charge in [-0.05, 0) is 54.9 Å². The molecule has 1 aliphatic heterocycles. The second-order valence-corrected chi connectivity index (χ2v) is 8.01. The first kappa shape index (κ1) is 22.4. The molecule has 0 bridgehead atoms. The molecule has 0 unspecified atom stereocenters. The van der Waals surface area contributed by atoms with E-state index in [2.05, 4.69) is 0 Å². The van der Waals surface area contributed by atoms with Gasteiger partial charge in [0.25, 0.3) is 5.78 Å². The smallest absolute Gasteiger partial charge is 0.342 e. The number of phenolic OH excluding ortho intramolecular Hbond substituents is 1. The van der Waals surface area contributed by atoms with E-state index in [1.807, 2.05) is 37.3 Å². The number of hydrogen-bond acceptors (Lipinski definition) is 6. The Morgan fingerprint density at radius 3 is 2.26 bits per heavy atom. The van der Waals surface area contributed by atoms with Crippen LogP contribution in [0.5, 0.6) is 5.75 Å². The SMILES string of the molecule is C[C@@H]1CCC(=O)C(=O)C(=O)CCCc2c(-c3ccccc3)ccc(O)c2C(=O)O[C@H]1C. The second kappa shape index (κ2) is 9.69. The predicted octanol–water partition coefficient (Wildman–Crippen LogP) is 4.06. The van der Waals surface area contributed by atoms with Crippen LogP contribution < -0.4 is 0 Å². The molecule has 0 aliphatic carbocycles. The summed E-state index contributed by atoms with van der Waals surface area (Å²) in [6.45, 7) is 3.52. The molecule has 3 rings (SSSR count). The zero-order chi connectivity index (χ0) is 22.5. The van der Waals surface area contributed by atoms with E-state index in [1.54, 1.807) is 13.0 Å². The Morgan fingerprint density at radius 2 is 1.55 bits per heavy atom. The van der Waals surface area contributed by atoms with Crippen molar-refractivity contribution in [1.29, 1.82) is 0 Å². The summed E-state index contributed by atoms with van der Waals surface area (Å²) in [6.07, 6.45) is 0.132. The number of Topliss-reactive ketones (excluding diaryl/α,β-unsaturated/α-hetero) is 3. The molecule has 1 N–H and O–H groups in total. The van der Waals surface area contributed by atoms with Gasteiger partial charge in [-0.1, -0.05) is 43.3 Å². The third-order valence-corrected chi connectivity index (χ3v) is 5.84. The van der Waals surface area contributed by atoms with Crippen molar-refractivity contribution >= 4 is 23.3 Å². The molecule has 2 aromatic carbocycles. The van der Waals surface area contributed by atoms with Crippen molar-refractivity contribution in [3.63, 3.8) is 0 Å². The number of cyclic esters (lactones) is 1. The number of rotatable bonds is 1. The highest BCUT2D eigenvalue weighted by atomic mass is 16.5. The molecule has 6 nitrogen and oxygen atoms in total. The Hall–Kier alpha value is -3.28. The highest BCUT2D eigenvalue weighted by molar-refractivity contribution is 6.63. The largest absolute Gasteiger partial charge is 0.507 e. The molecule has 2 atom stereocenters. The number of phenols is 1. The Morgan fingerprint density at radius 1 is 0.871 bits per heavy atom. The van der Waals surface area contributed by atoms with Crippen LogP contribution in [-0.2, 0) is 25.5 Å². The number of ether oxygens (including phenoxy) is 1. The maximum absolute atomic E-state index is 13.0. The van der Waals surface area contributed by atoms with E-state index < -0.39 is 29.4 Å². The minimum absolute atomic E-state index is 0.0619. The fraction of sp³-hybridized carbons (Fsp3) is 0.360. The second-order valence-electron chi connectivity index (χ2n) is 8.01. The van der Waals surface area contributed by atoms with E-state index >= 15 is 0 Å².